The van der Waals surface area contributed by atoms with E-state index in [2.05, 4.69) is 4.90 Å². The van der Waals surface area contributed by atoms with Crippen LogP contribution in [0.2, 0.25) is 0 Å². The van der Waals surface area contributed by atoms with E-state index in [1.807, 2.05) is 0 Å². The van der Waals surface area contributed by atoms with Gasteiger partial charge in [0.1, 0.15) is 0 Å². The molecule has 84 valence electrons. The summed E-state index contributed by atoms with van der Waals surface area (Å²) in [5.74, 6) is 0. The number of methoxy groups -OCH3 is 1. The second kappa shape index (κ2) is 7.21. The lowest BCUT2D eigenvalue weighted by molar-refractivity contribution is 0.182. The van der Waals surface area contributed by atoms with Crippen LogP contribution in [0.4, 0.5) is 0 Å². The van der Waals surface area contributed by atoms with Gasteiger partial charge in [0.25, 0.3) is 0 Å². The molecule has 0 aliphatic carbocycles. The maximum Gasteiger partial charge on any atom is 0.0462 e. The summed E-state index contributed by atoms with van der Waals surface area (Å²) in [6.07, 6.45) is 6.24. The predicted molar refractivity (Wildman–Crippen MR) is 59.4 cm³/mol. The fourth-order valence-corrected chi connectivity index (χ4v) is 2.05. The van der Waals surface area contributed by atoms with Crippen LogP contribution in [-0.2, 0) is 4.74 Å². The summed E-state index contributed by atoms with van der Waals surface area (Å²) >= 11 is 0. The van der Waals surface area contributed by atoms with E-state index in [4.69, 9.17) is 10.5 Å². The Morgan fingerprint density at radius 3 is 2.93 bits per heavy atom. The van der Waals surface area contributed by atoms with Gasteiger partial charge in [-0.05, 0) is 45.2 Å². The van der Waals surface area contributed by atoms with Gasteiger partial charge in [-0.15, -0.1) is 0 Å². The van der Waals surface area contributed by atoms with E-state index in [1.165, 1.54) is 45.2 Å². The Labute approximate surface area is 87.6 Å². The molecule has 0 bridgehead atoms. The molecule has 14 heavy (non-hydrogen) atoms. The Morgan fingerprint density at radius 1 is 1.36 bits per heavy atom. The van der Waals surface area contributed by atoms with Gasteiger partial charge in [0.2, 0.25) is 0 Å². The first kappa shape index (κ1) is 12.0. The molecule has 0 aromatic rings. The Bertz CT molecular complexity index is 141. The molecule has 1 rings (SSSR count). The lowest BCUT2D eigenvalue weighted by Gasteiger charge is -2.30. The van der Waals surface area contributed by atoms with Crippen molar-refractivity contribution in [3.8, 4) is 0 Å². The van der Waals surface area contributed by atoms with Crippen LogP contribution in [0.15, 0.2) is 0 Å². The van der Waals surface area contributed by atoms with E-state index in [0.29, 0.717) is 6.04 Å². The molecule has 0 amide bonds. The molecule has 0 aromatic carbocycles. The molecule has 1 fully saturated rings. The average molecular weight is 200 g/mol. The first-order valence-corrected chi connectivity index (χ1v) is 5.80. The SMILES string of the molecule is COCCCCCN1CCCC(N)C1. The maximum absolute atomic E-state index is 5.92. The average Bonchev–Trinajstić information content (AvgIpc) is 2.18. The van der Waals surface area contributed by atoms with Crippen molar-refractivity contribution in [1.29, 1.82) is 0 Å². The fourth-order valence-electron chi connectivity index (χ4n) is 2.05. The van der Waals surface area contributed by atoms with Crippen molar-refractivity contribution in [2.75, 3.05) is 33.4 Å². The zero-order valence-corrected chi connectivity index (χ0v) is 9.37. The highest BCUT2D eigenvalue weighted by Gasteiger charge is 2.15. The van der Waals surface area contributed by atoms with Crippen molar-refractivity contribution < 1.29 is 4.74 Å². The normalized spacial score (nSPS) is 24.0. The molecular formula is C11H24N2O. The van der Waals surface area contributed by atoms with E-state index in [1.54, 1.807) is 7.11 Å². The van der Waals surface area contributed by atoms with E-state index in [-0.39, 0.29) is 0 Å². The number of rotatable bonds is 6. The second-order valence-corrected chi connectivity index (χ2v) is 4.26. The highest BCUT2D eigenvalue weighted by molar-refractivity contribution is 4.74. The lowest BCUT2D eigenvalue weighted by atomic mass is 10.1. The summed E-state index contributed by atoms with van der Waals surface area (Å²) < 4.78 is 5.02. The maximum atomic E-state index is 5.92. The molecule has 0 spiro atoms. The van der Waals surface area contributed by atoms with Gasteiger partial charge < -0.3 is 15.4 Å². The van der Waals surface area contributed by atoms with Gasteiger partial charge in [0.15, 0.2) is 0 Å². The molecule has 0 saturated carbocycles. The monoisotopic (exact) mass is 200 g/mol. The smallest absolute Gasteiger partial charge is 0.0462 e. The second-order valence-electron chi connectivity index (χ2n) is 4.26. The molecule has 1 saturated heterocycles. The molecule has 1 aliphatic heterocycles. The van der Waals surface area contributed by atoms with Crippen LogP contribution >= 0.6 is 0 Å². The van der Waals surface area contributed by atoms with Gasteiger partial charge in [0.05, 0.1) is 0 Å². The van der Waals surface area contributed by atoms with Crippen LogP contribution in [0.1, 0.15) is 32.1 Å². The highest BCUT2D eigenvalue weighted by atomic mass is 16.5. The highest BCUT2D eigenvalue weighted by Crippen LogP contribution is 2.09. The summed E-state index contributed by atoms with van der Waals surface area (Å²) in [4.78, 5) is 2.50. The number of unbranched alkanes of at least 4 members (excludes halogenated alkanes) is 2. The van der Waals surface area contributed by atoms with E-state index in [0.717, 1.165) is 13.2 Å². The molecule has 2 N–H and O–H groups in total. The van der Waals surface area contributed by atoms with Crippen molar-refractivity contribution in [3.05, 3.63) is 0 Å². The minimum Gasteiger partial charge on any atom is -0.385 e. The van der Waals surface area contributed by atoms with Crippen molar-refractivity contribution >= 4 is 0 Å². The van der Waals surface area contributed by atoms with Gasteiger partial charge in [-0.3, -0.25) is 0 Å². The minimum absolute atomic E-state index is 0.419. The third-order valence-corrected chi connectivity index (χ3v) is 2.86. The lowest BCUT2D eigenvalue weighted by Crippen LogP contribution is -2.43. The third-order valence-electron chi connectivity index (χ3n) is 2.86. The van der Waals surface area contributed by atoms with Crippen molar-refractivity contribution in [2.24, 2.45) is 5.73 Å². The quantitative estimate of drug-likeness (QED) is 0.655. The number of ether oxygens (including phenoxy) is 1. The van der Waals surface area contributed by atoms with Crippen molar-refractivity contribution in [1.82, 2.24) is 4.90 Å². The number of nitrogens with two attached hydrogens (primary N) is 1. The minimum atomic E-state index is 0.419. The van der Waals surface area contributed by atoms with Gasteiger partial charge >= 0.3 is 0 Å². The van der Waals surface area contributed by atoms with Crippen LogP contribution in [0.3, 0.4) is 0 Å². The standard InChI is InChI=1S/C11H24N2O/c1-14-9-4-2-3-7-13-8-5-6-11(12)10-13/h11H,2-10,12H2,1H3. The molecular weight excluding hydrogens is 176 g/mol. The number of nitrogens with zero attached hydrogens (tertiary/aromatic N) is 1. The third kappa shape index (κ3) is 4.94. The van der Waals surface area contributed by atoms with Gasteiger partial charge in [-0.1, -0.05) is 0 Å². The first-order valence-electron chi connectivity index (χ1n) is 5.80. The predicted octanol–water partition coefficient (Wildman–Crippen LogP) is 1.23. The number of hydrogen-bond acceptors (Lipinski definition) is 3. The van der Waals surface area contributed by atoms with Crippen LogP contribution in [0.5, 0.6) is 0 Å². The zero-order valence-electron chi connectivity index (χ0n) is 9.37. The topological polar surface area (TPSA) is 38.5 Å². The number of piperidine rings is 1. The first-order chi connectivity index (χ1) is 6.83. The molecule has 1 aliphatic rings. The summed E-state index contributed by atoms with van der Waals surface area (Å²) in [7, 11) is 1.77. The van der Waals surface area contributed by atoms with Crippen LogP contribution in [0, 0.1) is 0 Å². The van der Waals surface area contributed by atoms with E-state index < -0.39 is 0 Å². The Balaban J connectivity index is 1.95. The van der Waals surface area contributed by atoms with Crippen LogP contribution in [-0.4, -0.2) is 44.3 Å². The Kier molecular flexibility index (Phi) is 6.15. The van der Waals surface area contributed by atoms with Crippen LogP contribution in [0.25, 0.3) is 0 Å². The molecule has 0 aromatic heterocycles. The van der Waals surface area contributed by atoms with E-state index >= 15 is 0 Å². The van der Waals surface area contributed by atoms with Crippen molar-refractivity contribution in [3.63, 3.8) is 0 Å². The van der Waals surface area contributed by atoms with Crippen molar-refractivity contribution in [2.45, 2.75) is 38.1 Å². The summed E-state index contributed by atoms with van der Waals surface area (Å²) in [6.45, 7) is 4.47. The Morgan fingerprint density at radius 2 is 2.21 bits per heavy atom. The molecule has 1 atom stereocenters. The summed E-state index contributed by atoms with van der Waals surface area (Å²) in [5, 5.41) is 0. The molecule has 3 heteroatoms. The van der Waals surface area contributed by atoms with Gasteiger partial charge in [-0.2, -0.15) is 0 Å². The summed E-state index contributed by atoms with van der Waals surface area (Å²) in [5.41, 5.74) is 5.92. The molecule has 0 radical (unpaired) electrons. The van der Waals surface area contributed by atoms with Gasteiger partial charge in [0, 0.05) is 26.3 Å². The molecule has 1 heterocycles. The zero-order chi connectivity index (χ0) is 10.2. The van der Waals surface area contributed by atoms with Crippen LogP contribution < -0.4 is 5.73 Å². The molecule has 3 nitrogen and oxygen atoms in total. The number of likely N-dealkylation sites (tertiary alicyclic amines) is 1. The largest absolute Gasteiger partial charge is 0.385 e. The summed E-state index contributed by atoms with van der Waals surface area (Å²) in [6, 6.07) is 0.419. The number of hydrogen-bond donors (Lipinski definition) is 1. The molecule has 1 unspecified atom stereocenters. The van der Waals surface area contributed by atoms with Gasteiger partial charge in [-0.25, -0.2) is 0 Å². The Hall–Kier alpha value is -0.120. The van der Waals surface area contributed by atoms with E-state index in [9.17, 15) is 0 Å². The fraction of sp³-hybridized carbons (Fsp3) is 1.00.